The highest BCUT2D eigenvalue weighted by Gasteiger charge is 2.21. The van der Waals surface area contributed by atoms with E-state index in [0.717, 1.165) is 48.5 Å². The zero-order chi connectivity index (χ0) is 20.9. The number of benzene rings is 2. The van der Waals surface area contributed by atoms with Gasteiger partial charge in [-0.3, -0.25) is 4.79 Å². The molecule has 0 N–H and O–H groups in total. The van der Waals surface area contributed by atoms with E-state index in [1.165, 1.54) is 19.3 Å². The molecule has 0 unspecified atom stereocenters. The Hall–Kier alpha value is -2.95. The van der Waals surface area contributed by atoms with Gasteiger partial charge in [-0.05, 0) is 68.0 Å². The third-order valence-corrected chi connectivity index (χ3v) is 6.01. The number of amides is 1. The lowest BCUT2D eigenvalue weighted by Gasteiger charge is -2.20. The van der Waals surface area contributed by atoms with E-state index in [0.29, 0.717) is 17.3 Å². The van der Waals surface area contributed by atoms with Crippen LogP contribution in [0.15, 0.2) is 52.9 Å². The summed E-state index contributed by atoms with van der Waals surface area (Å²) in [6.45, 7) is 5.97. The van der Waals surface area contributed by atoms with Crippen LogP contribution in [0.2, 0.25) is 0 Å². The summed E-state index contributed by atoms with van der Waals surface area (Å²) in [5.74, 6) is 1.85. The molecule has 1 amide bonds. The van der Waals surface area contributed by atoms with Gasteiger partial charge >= 0.3 is 0 Å². The Morgan fingerprint density at radius 2 is 1.80 bits per heavy atom. The van der Waals surface area contributed by atoms with Gasteiger partial charge in [-0.2, -0.15) is 0 Å². The number of likely N-dealkylation sites (tertiary alicyclic amines) is 1. The van der Waals surface area contributed by atoms with Crippen molar-refractivity contribution in [2.75, 3.05) is 13.1 Å². The van der Waals surface area contributed by atoms with Crippen LogP contribution >= 0.6 is 0 Å². The van der Waals surface area contributed by atoms with Crippen LogP contribution in [0.25, 0.3) is 22.9 Å². The summed E-state index contributed by atoms with van der Waals surface area (Å²) in [6, 6.07) is 15.4. The highest BCUT2D eigenvalue weighted by Crippen LogP contribution is 2.27. The Balaban J connectivity index is 1.46. The first-order valence-corrected chi connectivity index (χ1v) is 10.9. The van der Waals surface area contributed by atoms with Crippen LogP contribution in [0, 0.1) is 12.8 Å². The van der Waals surface area contributed by atoms with Gasteiger partial charge in [-0.25, -0.2) is 0 Å². The molecule has 5 nitrogen and oxygen atoms in total. The van der Waals surface area contributed by atoms with Crippen molar-refractivity contribution in [3.05, 3.63) is 59.7 Å². The van der Waals surface area contributed by atoms with Gasteiger partial charge in [0, 0.05) is 29.8 Å². The molecule has 0 saturated carbocycles. The Morgan fingerprint density at radius 1 is 1.03 bits per heavy atom. The maximum atomic E-state index is 13.0. The molecule has 2 heterocycles. The smallest absolute Gasteiger partial charge is 0.253 e. The average molecular weight is 404 g/mol. The molecular formula is C25H29N3O2. The first-order valence-electron chi connectivity index (χ1n) is 10.9. The number of nitrogens with zero attached hydrogens (tertiary/aromatic N) is 3. The molecule has 30 heavy (non-hydrogen) atoms. The minimum Gasteiger partial charge on any atom is -0.416 e. The Morgan fingerprint density at radius 3 is 2.57 bits per heavy atom. The minimum absolute atomic E-state index is 0.116. The SMILES string of the molecule is CCC[C@H]1CCCN(C(=O)c2ccc(-c3nnc(-c4ccccc4C)o3)cc2)CC1. The van der Waals surface area contributed by atoms with E-state index in [4.69, 9.17) is 4.42 Å². The lowest BCUT2D eigenvalue weighted by Crippen LogP contribution is -2.32. The number of carbonyl (C=O) groups is 1. The van der Waals surface area contributed by atoms with Gasteiger partial charge < -0.3 is 9.32 Å². The second-order valence-corrected chi connectivity index (χ2v) is 8.18. The molecule has 0 aliphatic carbocycles. The molecule has 0 radical (unpaired) electrons. The first-order chi connectivity index (χ1) is 14.7. The third-order valence-electron chi connectivity index (χ3n) is 6.01. The van der Waals surface area contributed by atoms with Crippen LogP contribution < -0.4 is 0 Å². The van der Waals surface area contributed by atoms with Crippen molar-refractivity contribution in [3.63, 3.8) is 0 Å². The van der Waals surface area contributed by atoms with E-state index in [-0.39, 0.29) is 5.91 Å². The molecule has 1 saturated heterocycles. The average Bonchev–Trinajstić information content (AvgIpc) is 3.14. The van der Waals surface area contributed by atoms with E-state index in [2.05, 4.69) is 17.1 Å². The van der Waals surface area contributed by atoms with Crippen molar-refractivity contribution in [2.24, 2.45) is 5.92 Å². The molecule has 1 aliphatic rings. The maximum absolute atomic E-state index is 13.0. The van der Waals surface area contributed by atoms with Crippen LogP contribution in [-0.2, 0) is 0 Å². The fraction of sp³-hybridized carbons (Fsp3) is 0.400. The summed E-state index contributed by atoms with van der Waals surface area (Å²) in [4.78, 5) is 15.0. The zero-order valence-corrected chi connectivity index (χ0v) is 17.8. The van der Waals surface area contributed by atoms with Gasteiger partial charge in [0.15, 0.2) is 0 Å². The Kier molecular flexibility index (Phi) is 6.26. The second-order valence-electron chi connectivity index (χ2n) is 8.18. The zero-order valence-electron chi connectivity index (χ0n) is 17.8. The molecule has 3 aromatic rings. The fourth-order valence-electron chi connectivity index (χ4n) is 4.26. The van der Waals surface area contributed by atoms with Gasteiger partial charge in [-0.1, -0.05) is 38.0 Å². The number of rotatable bonds is 5. The van der Waals surface area contributed by atoms with Gasteiger partial charge in [0.05, 0.1) is 0 Å². The number of carbonyl (C=O) groups excluding carboxylic acids is 1. The predicted octanol–water partition coefficient (Wildman–Crippen LogP) is 5.75. The van der Waals surface area contributed by atoms with Crippen LogP contribution in [0.3, 0.4) is 0 Å². The summed E-state index contributed by atoms with van der Waals surface area (Å²) in [5, 5.41) is 8.39. The van der Waals surface area contributed by atoms with Crippen LogP contribution in [-0.4, -0.2) is 34.1 Å². The largest absolute Gasteiger partial charge is 0.416 e. The van der Waals surface area contributed by atoms with Gasteiger partial charge in [0.25, 0.3) is 5.91 Å². The van der Waals surface area contributed by atoms with Crippen molar-refractivity contribution in [1.29, 1.82) is 0 Å². The molecule has 1 aliphatic heterocycles. The second kappa shape index (κ2) is 9.24. The quantitative estimate of drug-likeness (QED) is 0.544. The minimum atomic E-state index is 0.116. The molecule has 1 atom stereocenters. The molecule has 0 bridgehead atoms. The molecular weight excluding hydrogens is 374 g/mol. The van der Waals surface area contributed by atoms with Crippen LogP contribution in [0.1, 0.15) is 54.9 Å². The molecule has 5 heteroatoms. The van der Waals surface area contributed by atoms with Crippen molar-refractivity contribution in [3.8, 4) is 22.9 Å². The van der Waals surface area contributed by atoms with E-state index in [1.54, 1.807) is 0 Å². The van der Waals surface area contributed by atoms with E-state index in [9.17, 15) is 4.79 Å². The van der Waals surface area contributed by atoms with Gasteiger partial charge in [-0.15, -0.1) is 10.2 Å². The monoisotopic (exact) mass is 403 g/mol. The summed E-state index contributed by atoms with van der Waals surface area (Å²) >= 11 is 0. The Bertz CT molecular complexity index is 994. The van der Waals surface area contributed by atoms with Crippen molar-refractivity contribution in [1.82, 2.24) is 15.1 Å². The van der Waals surface area contributed by atoms with Gasteiger partial charge in [0.1, 0.15) is 0 Å². The van der Waals surface area contributed by atoms with Gasteiger partial charge in [0.2, 0.25) is 11.8 Å². The van der Waals surface area contributed by atoms with E-state index < -0.39 is 0 Å². The topological polar surface area (TPSA) is 59.2 Å². The molecule has 4 rings (SSSR count). The highest BCUT2D eigenvalue weighted by atomic mass is 16.4. The fourth-order valence-corrected chi connectivity index (χ4v) is 4.26. The molecule has 0 spiro atoms. The van der Waals surface area contributed by atoms with E-state index in [1.807, 2.05) is 60.4 Å². The summed E-state index contributed by atoms with van der Waals surface area (Å²) < 4.78 is 5.89. The van der Waals surface area contributed by atoms with Crippen molar-refractivity contribution in [2.45, 2.75) is 46.0 Å². The Labute approximate surface area is 178 Å². The van der Waals surface area contributed by atoms with Crippen LogP contribution in [0.5, 0.6) is 0 Å². The molecule has 1 aromatic heterocycles. The molecule has 2 aromatic carbocycles. The number of aromatic nitrogens is 2. The molecule has 1 fully saturated rings. The predicted molar refractivity (Wildman–Crippen MR) is 118 cm³/mol. The van der Waals surface area contributed by atoms with E-state index >= 15 is 0 Å². The normalized spacial score (nSPS) is 17.0. The number of aryl methyl sites for hydroxylation is 1. The summed E-state index contributed by atoms with van der Waals surface area (Å²) in [5.41, 5.74) is 3.56. The van der Waals surface area contributed by atoms with Crippen molar-refractivity contribution >= 4 is 5.91 Å². The number of hydrogen-bond donors (Lipinski definition) is 0. The third kappa shape index (κ3) is 4.45. The lowest BCUT2D eigenvalue weighted by molar-refractivity contribution is 0.0760. The van der Waals surface area contributed by atoms with Crippen LogP contribution in [0.4, 0.5) is 0 Å². The molecule has 156 valence electrons. The standard InChI is InChI=1S/C25H29N3O2/c1-3-7-19-9-6-16-28(17-15-19)25(29)21-13-11-20(12-14-21)23-26-27-24(30-23)22-10-5-4-8-18(22)2/h4-5,8,10-14,19H,3,6-7,9,15-17H2,1-2H3/t19-/m0/s1. The first kappa shape index (κ1) is 20.3. The number of hydrogen-bond acceptors (Lipinski definition) is 4. The van der Waals surface area contributed by atoms with Crippen molar-refractivity contribution < 1.29 is 9.21 Å². The lowest BCUT2D eigenvalue weighted by atomic mass is 9.96. The maximum Gasteiger partial charge on any atom is 0.253 e. The highest BCUT2D eigenvalue weighted by molar-refractivity contribution is 5.94. The summed E-state index contributed by atoms with van der Waals surface area (Å²) in [6.07, 6.45) is 5.93. The summed E-state index contributed by atoms with van der Waals surface area (Å²) in [7, 11) is 0.